The van der Waals surface area contributed by atoms with E-state index in [1.54, 1.807) is 21.0 Å². The Bertz CT molecular complexity index is 390. The maximum absolute atomic E-state index is 11.4. The van der Waals surface area contributed by atoms with Crippen LogP contribution in [0.3, 0.4) is 0 Å². The lowest BCUT2D eigenvalue weighted by Crippen LogP contribution is -2.30. The summed E-state index contributed by atoms with van der Waals surface area (Å²) in [5.74, 6) is 0. The number of aliphatic hydroxyl groups is 1. The Labute approximate surface area is 102 Å². The molecule has 1 N–H and O–H groups in total. The van der Waals surface area contributed by atoms with Gasteiger partial charge in [-0.3, -0.25) is 0 Å². The molecule has 0 aromatic heterocycles. The quantitative estimate of drug-likeness (QED) is 0.876. The molecule has 0 aliphatic rings. The molecule has 0 fully saturated rings. The van der Waals surface area contributed by atoms with E-state index in [0.717, 1.165) is 11.1 Å². The average Bonchev–Trinajstić information content (AvgIpc) is 2.28. The molecule has 4 nitrogen and oxygen atoms in total. The minimum atomic E-state index is -0.805. The average molecular weight is 237 g/mol. The molecule has 1 rings (SSSR count). The molecule has 0 aliphatic heterocycles. The Hall–Kier alpha value is -1.55. The van der Waals surface area contributed by atoms with Crippen molar-refractivity contribution >= 4 is 6.09 Å². The zero-order valence-corrected chi connectivity index (χ0v) is 10.7. The Morgan fingerprint density at radius 3 is 2.47 bits per heavy atom. The summed E-state index contributed by atoms with van der Waals surface area (Å²) in [5, 5.41) is 10.1. The van der Waals surface area contributed by atoms with Crippen LogP contribution in [0.5, 0.6) is 0 Å². The fourth-order valence-electron chi connectivity index (χ4n) is 1.50. The van der Waals surface area contributed by atoms with E-state index >= 15 is 0 Å². The van der Waals surface area contributed by atoms with Gasteiger partial charge in [0.25, 0.3) is 0 Å². The third-order valence-electron chi connectivity index (χ3n) is 2.60. The second-order valence-corrected chi connectivity index (χ2v) is 4.28. The van der Waals surface area contributed by atoms with Gasteiger partial charge in [0.15, 0.2) is 0 Å². The third-order valence-corrected chi connectivity index (χ3v) is 2.60. The van der Waals surface area contributed by atoms with E-state index < -0.39 is 18.3 Å². The van der Waals surface area contributed by atoms with Crippen LogP contribution in [0.25, 0.3) is 0 Å². The number of aryl methyl sites for hydroxylation is 1. The van der Waals surface area contributed by atoms with E-state index in [-0.39, 0.29) is 0 Å². The molecule has 2 atom stereocenters. The molecule has 17 heavy (non-hydrogen) atoms. The highest BCUT2D eigenvalue weighted by Crippen LogP contribution is 2.22. The molecular formula is C13H19NO3. The largest absolute Gasteiger partial charge is 0.443 e. The summed E-state index contributed by atoms with van der Waals surface area (Å²) in [5.41, 5.74) is 1.76. The number of rotatable bonds is 3. The summed E-state index contributed by atoms with van der Waals surface area (Å²) in [7, 11) is 3.21. The first kappa shape index (κ1) is 13.5. The maximum Gasteiger partial charge on any atom is 0.409 e. The topological polar surface area (TPSA) is 49.8 Å². The van der Waals surface area contributed by atoms with Gasteiger partial charge in [0, 0.05) is 14.1 Å². The molecule has 0 saturated heterocycles. The molecule has 0 saturated carbocycles. The number of carbonyl (C=O) groups excluding carboxylic acids is 1. The Morgan fingerprint density at radius 1 is 1.35 bits per heavy atom. The highest BCUT2D eigenvalue weighted by atomic mass is 16.6. The second kappa shape index (κ2) is 5.68. The zero-order valence-electron chi connectivity index (χ0n) is 10.7. The first-order valence-corrected chi connectivity index (χ1v) is 5.55. The van der Waals surface area contributed by atoms with Crippen LogP contribution in [0.15, 0.2) is 24.3 Å². The summed E-state index contributed by atoms with van der Waals surface area (Å²) >= 11 is 0. The SMILES string of the molecule is Cc1ccccc1C(O)C(C)OC(=O)N(C)C. The first-order chi connectivity index (χ1) is 7.93. The predicted octanol–water partition coefficient (Wildman–Crippen LogP) is 2.12. The van der Waals surface area contributed by atoms with Crippen LogP contribution < -0.4 is 0 Å². The minimum absolute atomic E-state index is 0.454. The number of amides is 1. The summed E-state index contributed by atoms with van der Waals surface area (Å²) in [4.78, 5) is 12.7. The van der Waals surface area contributed by atoms with Crippen molar-refractivity contribution in [3.05, 3.63) is 35.4 Å². The van der Waals surface area contributed by atoms with Crippen molar-refractivity contribution in [1.82, 2.24) is 4.90 Å². The van der Waals surface area contributed by atoms with Crippen LogP contribution in [-0.4, -0.2) is 36.3 Å². The predicted molar refractivity (Wildman–Crippen MR) is 65.8 cm³/mol. The van der Waals surface area contributed by atoms with E-state index in [0.29, 0.717) is 0 Å². The number of nitrogens with zero attached hydrogens (tertiary/aromatic N) is 1. The van der Waals surface area contributed by atoms with Gasteiger partial charge in [0.2, 0.25) is 0 Å². The molecule has 1 aromatic rings. The van der Waals surface area contributed by atoms with Gasteiger partial charge in [-0.15, -0.1) is 0 Å². The van der Waals surface area contributed by atoms with Gasteiger partial charge in [-0.2, -0.15) is 0 Å². The summed E-state index contributed by atoms with van der Waals surface area (Å²) < 4.78 is 5.12. The van der Waals surface area contributed by atoms with E-state index in [1.807, 2.05) is 31.2 Å². The van der Waals surface area contributed by atoms with Crippen LogP contribution in [0.4, 0.5) is 4.79 Å². The fourth-order valence-corrected chi connectivity index (χ4v) is 1.50. The molecule has 0 bridgehead atoms. The number of benzene rings is 1. The number of carbonyl (C=O) groups is 1. The molecule has 1 amide bonds. The highest BCUT2D eigenvalue weighted by molar-refractivity contribution is 5.67. The lowest BCUT2D eigenvalue weighted by Gasteiger charge is -2.22. The van der Waals surface area contributed by atoms with Gasteiger partial charge < -0.3 is 14.7 Å². The summed E-state index contributed by atoms with van der Waals surface area (Å²) in [6.45, 7) is 3.59. The van der Waals surface area contributed by atoms with Crippen molar-refractivity contribution in [3.63, 3.8) is 0 Å². The van der Waals surface area contributed by atoms with Crippen molar-refractivity contribution in [2.24, 2.45) is 0 Å². The van der Waals surface area contributed by atoms with Gasteiger partial charge in [0.05, 0.1) is 0 Å². The Balaban J connectivity index is 2.73. The normalized spacial score (nSPS) is 13.9. The molecule has 1 aromatic carbocycles. The number of ether oxygens (including phenoxy) is 1. The fraction of sp³-hybridized carbons (Fsp3) is 0.462. The Kier molecular flexibility index (Phi) is 4.52. The summed E-state index contributed by atoms with van der Waals surface area (Å²) in [6.07, 6.45) is -1.84. The smallest absolute Gasteiger partial charge is 0.409 e. The molecule has 0 heterocycles. The van der Waals surface area contributed by atoms with E-state index in [1.165, 1.54) is 4.90 Å². The monoisotopic (exact) mass is 237 g/mol. The Morgan fingerprint density at radius 2 is 1.94 bits per heavy atom. The van der Waals surface area contributed by atoms with Crippen LogP contribution in [-0.2, 0) is 4.74 Å². The van der Waals surface area contributed by atoms with Crippen LogP contribution in [0, 0.1) is 6.92 Å². The molecule has 0 radical (unpaired) electrons. The molecule has 4 heteroatoms. The van der Waals surface area contributed by atoms with Gasteiger partial charge in [-0.25, -0.2) is 4.79 Å². The molecule has 0 aliphatic carbocycles. The number of hydrogen-bond acceptors (Lipinski definition) is 3. The van der Waals surface area contributed by atoms with E-state index in [2.05, 4.69) is 0 Å². The zero-order chi connectivity index (χ0) is 13.0. The van der Waals surface area contributed by atoms with E-state index in [9.17, 15) is 9.90 Å². The number of aliphatic hydroxyl groups excluding tert-OH is 1. The van der Waals surface area contributed by atoms with Crippen molar-refractivity contribution < 1.29 is 14.6 Å². The van der Waals surface area contributed by atoms with Gasteiger partial charge in [-0.05, 0) is 25.0 Å². The van der Waals surface area contributed by atoms with Crippen molar-refractivity contribution in [2.75, 3.05) is 14.1 Å². The van der Waals surface area contributed by atoms with Crippen LogP contribution in [0.2, 0.25) is 0 Å². The van der Waals surface area contributed by atoms with Gasteiger partial charge in [-0.1, -0.05) is 24.3 Å². The third kappa shape index (κ3) is 3.46. The molecule has 94 valence electrons. The first-order valence-electron chi connectivity index (χ1n) is 5.55. The van der Waals surface area contributed by atoms with Crippen LogP contribution >= 0.6 is 0 Å². The molecular weight excluding hydrogens is 218 g/mol. The van der Waals surface area contributed by atoms with E-state index in [4.69, 9.17) is 4.74 Å². The standard InChI is InChI=1S/C13H19NO3/c1-9-7-5-6-8-11(9)12(15)10(2)17-13(16)14(3)4/h5-8,10,12,15H,1-4H3. The molecule has 0 spiro atoms. The minimum Gasteiger partial charge on any atom is -0.443 e. The lowest BCUT2D eigenvalue weighted by atomic mass is 10.0. The second-order valence-electron chi connectivity index (χ2n) is 4.28. The van der Waals surface area contributed by atoms with Crippen molar-refractivity contribution in [3.8, 4) is 0 Å². The van der Waals surface area contributed by atoms with Gasteiger partial charge in [0.1, 0.15) is 12.2 Å². The highest BCUT2D eigenvalue weighted by Gasteiger charge is 2.22. The van der Waals surface area contributed by atoms with Gasteiger partial charge >= 0.3 is 6.09 Å². The molecule has 2 unspecified atom stereocenters. The van der Waals surface area contributed by atoms with Crippen LogP contribution in [0.1, 0.15) is 24.2 Å². The van der Waals surface area contributed by atoms with Crippen molar-refractivity contribution in [1.29, 1.82) is 0 Å². The van der Waals surface area contributed by atoms with Crippen molar-refractivity contribution in [2.45, 2.75) is 26.1 Å². The number of hydrogen-bond donors (Lipinski definition) is 1. The lowest BCUT2D eigenvalue weighted by molar-refractivity contribution is 0.00126. The maximum atomic E-state index is 11.4. The summed E-state index contributed by atoms with van der Waals surface area (Å²) in [6, 6.07) is 7.51.